The summed E-state index contributed by atoms with van der Waals surface area (Å²) in [5.41, 5.74) is 2.18. The van der Waals surface area contributed by atoms with Crippen LogP contribution in [0.3, 0.4) is 0 Å². The number of rotatable bonds is 10. The van der Waals surface area contributed by atoms with Gasteiger partial charge in [0.1, 0.15) is 6.04 Å². The topological polar surface area (TPSA) is 49.8 Å². The second kappa shape index (κ2) is 11.0. The van der Waals surface area contributed by atoms with E-state index in [2.05, 4.69) is 0 Å². The number of thioether (sulfide) groups is 1. The van der Waals surface area contributed by atoms with Crippen molar-refractivity contribution in [2.75, 3.05) is 18.6 Å². The van der Waals surface area contributed by atoms with Crippen LogP contribution in [0, 0.1) is 0 Å². The number of aliphatic hydroxyl groups excluding tert-OH is 1. The fraction of sp³-hybridized carbons (Fsp3) is 0.381. The summed E-state index contributed by atoms with van der Waals surface area (Å²) in [6.07, 6.45) is 1.13. The van der Waals surface area contributed by atoms with Crippen LogP contribution < -0.4 is 0 Å². The van der Waals surface area contributed by atoms with Crippen LogP contribution in [0.5, 0.6) is 0 Å². The van der Waals surface area contributed by atoms with Crippen LogP contribution >= 0.6 is 11.8 Å². The Kier molecular flexibility index (Phi) is 8.68. The molecule has 2 aromatic rings. The summed E-state index contributed by atoms with van der Waals surface area (Å²) in [5, 5.41) is 10.7. The second-order valence-electron chi connectivity index (χ2n) is 6.10. The summed E-state index contributed by atoms with van der Waals surface area (Å²) >= 11 is 1.52. The van der Waals surface area contributed by atoms with Gasteiger partial charge in [-0.3, -0.25) is 9.69 Å². The van der Waals surface area contributed by atoms with Crippen molar-refractivity contribution in [3.05, 3.63) is 71.8 Å². The minimum atomic E-state index is -0.795. The van der Waals surface area contributed by atoms with Crippen molar-refractivity contribution in [1.82, 2.24) is 4.90 Å². The van der Waals surface area contributed by atoms with Crippen molar-refractivity contribution in [1.29, 1.82) is 0 Å². The molecule has 4 nitrogen and oxygen atoms in total. The normalized spacial score (nSPS) is 13.4. The van der Waals surface area contributed by atoms with E-state index in [1.807, 2.05) is 71.8 Å². The Morgan fingerprint density at radius 2 is 1.54 bits per heavy atom. The first kappa shape index (κ1) is 20.5. The zero-order chi connectivity index (χ0) is 18.8. The molecule has 140 valence electrons. The predicted octanol–water partition coefficient (Wildman–Crippen LogP) is 3.34. The summed E-state index contributed by atoms with van der Waals surface area (Å²) in [4.78, 5) is 14.7. The summed E-state index contributed by atoms with van der Waals surface area (Å²) < 4.78 is 5.28. The number of benzene rings is 2. The minimum absolute atomic E-state index is 0.297. The Hall–Kier alpha value is -1.82. The van der Waals surface area contributed by atoms with Crippen molar-refractivity contribution in [3.63, 3.8) is 0 Å². The molecule has 0 saturated carbocycles. The van der Waals surface area contributed by atoms with Gasteiger partial charge in [0, 0.05) is 18.8 Å². The highest BCUT2D eigenvalue weighted by atomic mass is 32.2. The predicted molar refractivity (Wildman–Crippen MR) is 107 cm³/mol. The number of hydrogen-bond acceptors (Lipinski definition) is 5. The van der Waals surface area contributed by atoms with Crippen molar-refractivity contribution in [3.8, 4) is 0 Å². The van der Waals surface area contributed by atoms with Crippen LogP contribution in [0.1, 0.15) is 18.1 Å². The average molecular weight is 374 g/mol. The monoisotopic (exact) mass is 373 g/mol. The number of nitrogens with zero attached hydrogens (tertiary/aromatic N) is 1. The Balaban J connectivity index is 2.31. The number of esters is 1. The second-order valence-corrected chi connectivity index (χ2v) is 7.01. The summed E-state index contributed by atoms with van der Waals surface area (Å²) in [6, 6.07) is 19.3. The molecule has 0 bridgehead atoms. The van der Waals surface area contributed by atoms with Gasteiger partial charge in [-0.05, 0) is 24.3 Å². The quantitative estimate of drug-likeness (QED) is 0.647. The first-order chi connectivity index (χ1) is 12.7. The van der Waals surface area contributed by atoms with E-state index in [1.165, 1.54) is 11.8 Å². The van der Waals surface area contributed by atoms with E-state index in [0.717, 1.165) is 11.1 Å². The highest BCUT2D eigenvalue weighted by Crippen LogP contribution is 2.19. The van der Waals surface area contributed by atoms with Gasteiger partial charge < -0.3 is 9.84 Å². The van der Waals surface area contributed by atoms with Gasteiger partial charge in [-0.1, -0.05) is 60.7 Å². The maximum absolute atomic E-state index is 12.6. The number of carbonyl (C=O) groups excluding carboxylic acids is 1. The van der Waals surface area contributed by atoms with Crippen molar-refractivity contribution < 1.29 is 14.6 Å². The molecule has 0 aliphatic rings. The Morgan fingerprint density at radius 1 is 1.04 bits per heavy atom. The average Bonchev–Trinajstić information content (AvgIpc) is 2.64. The summed E-state index contributed by atoms with van der Waals surface area (Å²) in [5.74, 6) is 0.102. The molecule has 2 aromatic carbocycles. The molecule has 5 heteroatoms. The molecule has 0 spiro atoms. The molecule has 2 unspecified atom stereocenters. The molecule has 0 heterocycles. The lowest BCUT2D eigenvalue weighted by atomic mass is 10.1. The van der Waals surface area contributed by atoms with Gasteiger partial charge in [-0.2, -0.15) is 11.8 Å². The number of carbonyl (C=O) groups is 1. The van der Waals surface area contributed by atoms with Gasteiger partial charge in [-0.15, -0.1) is 0 Å². The van der Waals surface area contributed by atoms with Gasteiger partial charge in [0.2, 0.25) is 0 Å². The lowest BCUT2D eigenvalue weighted by Gasteiger charge is -2.33. The third-order valence-electron chi connectivity index (χ3n) is 4.08. The maximum Gasteiger partial charge on any atom is 0.326 e. The van der Waals surface area contributed by atoms with Gasteiger partial charge in [0.05, 0.1) is 12.7 Å². The van der Waals surface area contributed by atoms with E-state index < -0.39 is 12.1 Å². The highest BCUT2D eigenvalue weighted by Gasteiger charge is 2.34. The molecule has 0 amide bonds. The maximum atomic E-state index is 12.6. The molecule has 0 radical (unpaired) electrons. The van der Waals surface area contributed by atoms with E-state index in [1.54, 1.807) is 6.92 Å². The zero-order valence-electron chi connectivity index (χ0n) is 15.4. The fourth-order valence-electron chi connectivity index (χ4n) is 2.93. The Morgan fingerprint density at radius 3 is 1.96 bits per heavy atom. The lowest BCUT2D eigenvalue weighted by molar-refractivity contribution is -0.154. The van der Waals surface area contributed by atoms with Gasteiger partial charge in [0.25, 0.3) is 0 Å². The molecule has 1 N–H and O–H groups in total. The van der Waals surface area contributed by atoms with Gasteiger partial charge in [0.15, 0.2) is 0 Å². The SMILES string of the molecule is CCOC(=O)C(C(O)CSC)N(Cc1ccccc1)Cc1ccccc1. The van der Waals surface area contributed by atoms with E-state index in [0.29, 0.717) is 25.4 Å². The minimum Gasteiger partial charge on any atom is -0.465 e. The third-order valence-corrected chi connectivity index (χ3v) is 4.76. The summed E-state index contributed by atoms with van der Waals surface area (Å²) in [7, 11) is 0. The standard InChI is InChI=1S/C21H27NO3S/c1-3-25-21(24)20(19(23)16-26-2)22(14-17-10-6-4-7-11-17)15-18-12-8-5-9-13-18/h4-13,19-20,23H,3,14-16H2,1-2H3. The number of aliphatic hydroxyl groups is 1. The van der Waals surface area contributed by atoms with Crippen molar-refractivity contribution in [2.24, 2.45) is 0 Å². The third kappa shape index (κ3) is 6.16. The van der Waals surface area contributed by atoms with Gasteiger partial charge in [-0.25, -0.2) is 0 Å². The fourth-order valence-corrected chi connectivity index (χ4v) is 3.45. The van der Waals surface area contributed by atoms with Crippen LogP contribution in [0.4, 0.5) is 0 Å². The summed E-state index contributed by atoms with van der Waals surface area (Å²) in [6.45, 7) is 3.20. The zero-order valence-corrected chi connectivity index (χ0v) is 16.2. The molecule has 0 fully saturated rings. The van der Waals surface area contributed by atoms with E-state index in [-0.39, 0.29) is 5.97 Å². The van der Waals surface area contributed by atoms with Crippen LogP contribution in [-0.4, -0.2) is 46.7 Å². The van der Waals surface area contributed by atoms with Crippen LogP contribution in [-0.2, 0) is 22.6 Å². The molecule has 0 aliphatic heterocycles. The molecule has 2 atom stereocenters. The van der Waals surface area contributed by atoms with Gasteiger partial charge >= 0.3 is 5.97 Å². The Labute approximate surface area is 160 Å². The van der Waals surface area contributed by atoms with Crippen LogP contribution in [0.2, 0.25) is 0 Å². The molecule has 26 heavy (non-hydrogen) atoms. The van der Waals surface area contributed by atoms with E-state index >= 15 is 0 Å². The smallest absolute Gasteiger partial charge is 0.326 e. The molecule has 0 aliphatic carbocycles. The lowest BCUT2D eigenvalue weighted by Crippen LogP contribution is -2.50. The van der Waals surface area contributed by atoms with Crippen LogP contribution in [0.25, 0.3) is 0 Å². The molecule has 2 rings (SSSR count). The molecule has 0 aromatic heterocycles. The van der Waals surface area contributed by atoms with Crippen molar-refractivity contribution >= 4 is 17.7 Å². The van der Waals surface area contributed by atoms with Crippen molar-refractivity contribution in [2.45, 2.75) is 32.2 Å². The molecule has 0 saturated heterocycles. The first-order valence-electron chi connectivity index (χ1n) is 8.81. The molecular formula is C21H27NO3S. The number of ether oxygens (including phenoxy) is 1. The largest absolute Gasteiger partial charge is 0.465 e. The first-order valence-corrected chi connectivity index (χ1v) is 10.2. The Bertz CT molecular complexity index is 609. The van der Waals surface area contributed by atoms with E-state index in [9.17, 15) is 9.90 Å². The number of hydrogen-bond donors (Lipinski definition) is 1. The molecular weight excluding hydrogens is 346 g/mol. The van der Waals surface area contributed by atoms with E-state index in [4.69, 9.17) is 4.74 Å². The van der Waals surface area contributed by atoms with Crippen LogP contribution in [0.15, 0.2) is 60.7 Å². The highest BCUT2D eigenvalue weighted by molar-refractivity contribution is 7.98.